The van der Waals surface area contributed by atoms with Gasteiger partial charge in [0.2, 0.25) is 0 Å². The van der Waals surface area contributed by atoms with Gasteiger partial charge >= 0.3 is 0 Å². The number of nitrogens with zero attached hydrogens (tertiary/aromatic N) is 3. The third kappa shape index (κ3) is 8.23. The molecule has 8 aromatic rings. The average Bonchev–Trinajstić information content (AvgIpc) is 0.795. The summed E-state index contributed by atoms with van der Waals surface area (Å²) in [5, 5.41) is 12.9. The quantitative estimate of drug-likeness (QED) is 0.174. The van der Waals surface area contributed by atoms with Crippen molar-refractivity contribution in [2.24, 2.45) is 0 Å². The second-order valence-electron chi connectivity index (χ2n) is 17.0. The number of aromatic nitrogens is 3. The Morgan fingerprint density at radius 1 is 0.597 bits per heavy atom. The van der Waals surface area contributed by atoms with Crippen LogP contribution in [0.15, 0.2) is 140 Å². The summed E-state index contributed by atoms with van der Waals surface area (Å²) in [5.41, 5.74) is -6.64. The molecule has 0 aliphatic rings. The molecule has 8 rings (SSSR count). The van der Waals surface area contributed by atoms with Crippen LogP contribution in [-0.4, -0.2) is 19.6 Å². The third-order valence-corrected chi connectivity index (χ3v) is 11.2. The van der Waals surface area contributed by atoms with Crippen molar-refractivity contribution in [1.29, 1.82) is 0 Å². The Morgan fingerprint density at radius 3 is 2.02 bits per heavy atom. The number of phenolic OH excluding ortho intramolecular Hbond substituents is 1. The Bertz CT molecular complexity index is 3700. The maximum Gasteiger partial charge on any atom is 0.149 e. The number of phenols is 1. The second-order valence-corrected chi connectivity index (χ2v) is 17.0. The zero-order valence-corrected chi connectivity index (χ0v) is 35.1. The van der Waals surface area contributed by atoms with Crippen LogP contribution in [0, 0.1) is 6.85 Å². The van der Waals surface area contributed by atoms with Crippen LogP contribution in [-0.2, 0) is 16.2 Å². The van der Waals surface area contributed by atoms with E-state index in [0.29, 0.717) is 34.0 Å². The van der Waals surface area contributed by atoms with E-state index in [4.69, 9.17) is 40.1 Å². The van der Waals surface area contributed by atoms with Crippen molar-refractivity contribution in [3.63, 3.8) is 0 Å². The van der Waals surface area contributed by atoms with Crippen molar-refractivity contribution >= 4 is 11.0 Å². The number of hydrogen-bond donors (Lipinski definition) is 1. The van der Waals surface area contributed by atoms with E-state index in [1.165, 1.54) is 22.8 Å². The molecule has 62 heavy (non-hydrogen) atoms. The molecule has 0 aliphatic heterocycles. The Kier molecular flexibility index (Phi) is 5.96. The largest absolute Gasteiger partial charge is 0.507 e. The fourth-order valence-corrected chi connectivity index (χ4v) is 7.75. The highest BCUT2D eigenvalue weighted by Crippen LogP contribution is 2.45. The number of aryl methyl sites for hydroxylation is 1. The maximum atomic E-state index is 12.9. The molecule has 0 unspecified atom stereocenters. The van der Waals surface area contributed by atoms with Crippen molar-refractivity contribution in [1.82, 2.24) is 14.5 Å². The molecule has 0 saturated carbocycles. The van der Waals surface area contributed by atoms with Gasteiger partial charge in [-0.05, 0) is 128 Å². The molecule has 0 atom stereocenters. The summed E-state index contributed by atoms with van der Waals surface area (Å²) < 4.78 is 193. The van der Waals surface area contributed by atoms with E-state index in [-0.39, 0.29) is 33.9 Å². The second kappa shape index (κ2) is 15.9. The molecular weight excluding hydrogens is 755 g/mol. The lowest BCUT2D eigenvalue weighted by atomic mass is 9.79. The monoisotopic (exact) mass is 838 g/mol. The molecule has 4 heteroatoms. The molecule has 6 aromatic carbocycles. The van der Waals surface area contributed by atoms with Gasteiger partial charge in [0.25, 0.3) is 0 Å². The van der Waals surface area contributed by atoms with Crippen molar-refractivity contribution in [3.05, 3.63) is 167 Å². The standard InChI is InChI=1S/C58H61N3O/c1-36(2)38-21-23-39(24-22-38)41-27-28-59-51(33-41)43-30-42(31-44(32-43)56(4,5)6)48-19-16-20-52-53(48)60-55(49-34-45(57(7,8)9)35-50(54(49)62)58(10,11)12)61(52)46-25-26-47(37(3)29-46)40-17-14-13-15-18-40/h13-36,62H,1-12H3/i3D3,7D3,8D3,9D3,10D3,11D3,12D3,36D. The molecule has 0 spiro atoms. The van der Waals surface area contributed by atoms with Gasteiger partial charge in [-0.2, -0.15) is 0 Å². The number of aromatic hydroxyl groups is 1. The number of rotatable bonds is 7. The normalized spacial score (nSPS) is 19.2. The van der Waals surface area contributed by atoms with Crippen LogP contribution < -0.4 is 0 Å². The van der Waals surface area contributed by atoms with Crippen molar-refractivity contribution in [2.75, 3.05) is 0 Å². The van der Waals surface area contributed by atoms with Crippen LogP contribution >= 0.6 is 0 Å². The minimum atomic E-state index is -4.21. The van der Waals surface area contributed by atoms with Crippen molar-refractivity contribution in [2.45, 2.75) is 105 Å². The van der Waals surface area contributed by atoms with Crippen LogP contribution in [0.25, 0.3) is 72.7 Å². The topological polar surface area (TPSA) is 50.9 Å². The third-order valence-electron chi connectivity index (χ3n) is 11.2. The number of benzene rings is 6. The summed E-state index contributed by atoms with van der Waals surface area (Å²) in [6, 6.07) is 35.5. The van der Waals surface area contributed by atoms with Gasteiger partial charge in [0.15, 0.2) is 0 Å². The van der Waals surface area contributed by atoms with Gasteiger partial charge < -0.3 is 5.11 Å². The highest BCUT2D eigenvalue weighted by molar-refractivity contribution is 5.97. The van der Waals surface area contributed by atoms with E-state index < -0.39 is 98.4 Å². The van der Waals surface area contributed by atoms with E-state index in [2.05, 4.69) is 0 Å². The fourth-order valence-electron chi connectivity index (χ4n) is 7.75. The summed E-state index contributed by atoms with van der Waals surface area (Å²) >= 11 is 0. The molecule has 0 aliphatic carbocycles. The molecule has 2 aromatic heterocycles. The first-order valence-electron chi connectivity index (χ1n) is 31.1. The summed E-state index contributed by atoms with van der Waals surface area (Å²) in [6.45, 7) is -18.2. The number of hydrogen-bond acceptors (Lipinski definition) is 3. The molecule has 0 bridgehead atoms. The fraction of sp³-hybridized carbons (Fsp3) is 0.276. The molecule has 0 fully saturated rings. The van der Waals surface area contributed by atoms with Gasteiger partial charge in [-0.1, -0.05) is 161 Å². The Morgan fingerprint density at radius 2 is 1.32 bits per heavy atom. The van der Waals surface area contributed by atoms with Gasteiger partial charge in [0, 0.05) is 58.7 Å². The van der Waals surface area contributed by atoms with Crippen LogP contribution in [0.2, 0.25) is 0 Å². The van der Waals surface area contributed by atoms with E-state index >= 15 is 0 Å². The maximum absolute atomic E-state index is 12.9. The molecule has 2 heterocycles. The molecule has 0 radical (unpaired) electrons. The first-order valence-corrected chi connectivity index (χ1v) is 20.1. The molecule has 1 N–H and O–H groups in total. The van der Waals surface area contributed by atoms with Crippen LogP contribution in [0.5, 0.6) is 5.75 Å². The lowest BCUT2D eigenvalue weighted by Crippen LogP contribution is -2.17. The van der Waals surface area contributed by atoms with E-state index in [1.807, 2.05) is 75.4 Å². The van der Waals surface area contributed by atoms with Crippen LogP contribution in [0.4, 0.5) is 0 Å². The average molecular weight is 838 g/mol. The summed E-state index contributed by atoms with van der Waals surface area (Å²) in [6.07, 6.45) is 1.66. The van der Waals surface area contributed by atoms with Gasteiger partial charge in [0.05, 0.1) is 22.3 Å². The van der Waals surface area contributed by atoms with Crippen LogP contribution in [0.1, 0.15) is 140 Å². The molecular formula is C58H61N3O. The Labute approximate surface area is 400 Å². The minimum Gasteiger partial charge on any atom is -0.507 e. The first-order chi connectivity index (χ1) is 38.3. The Balaban J connectivity index is 1.57. The van der Waals surface area contributed by atoms with E-state index in [1.54, 1.807) is 68.6 Å². The summed E-state index contributed by atoms with van der Waals surface area (Å²) in [4.78, 5) is 9.82. The molecule has 4 nitrogen and oxygen atoms in total. The predicted octanol–water partition coefficient (Wildman–Crippen LogP) is 15.8. The lowest BCUT2D eigenvalue weighted by molar-refractivity contribution is 0.446. The number of imidazole rings is 1. The van der Waals surface area contributed by atoms with Crippen molar-refractivity contribution in [3.8, 4) is 67.5 Å². The van der Waals surface area contributed by atoms with Gasteiger partial charge in [-0.15, -0.1) is 0 Å². The predicted molar refractivity (Wildman–Crippen MR) is 263 cm³/mol. The van der Waals surface area contributed by atoms with Crippen LogP contribution in [0.3, 0.4) is 0 Å². The SMILES string of the molecule is [2H]C([2H])([2H])c1cc(-n2c(-c3cc(C(C([2H])([2H])[2H])(C([2H])([2H])[2H])C([2H])([2H])[2H])cc(C(C([2H])([2H])[2H])(C([2H])([2H])[2H])C([2H])([2H])[2H])c3O)nc3c(-c4cc(-c5cc(-c6ccc(C([2H])(C)C)cc6)ccn5)cc(C(C)(C)C)c4)cccc32)ccc1-c1ccccc1. The zero-order valence-electron chi connectivity index (χ0n) is 57.1. The molecule has 0 amide bonds. The highest BCUT2D eigenvalue weighted by Gasteiger charge is 2.29. The molecule has 0 saturated heterocycles. The van der Waals surface area contributed by atoms with Crippen molar-refractivity contribution < 1.29 is 35.3 Å². The minimum absolute atomic E-state index is 0.0417. The smallest absolute Gasteiger partial charge is 0.149 e. The Hall–Kier alpha value is -6.26. The lowest BCUT2D eigenvalue weighted by Gasteiger charge is -2.27. The summed E-state index contributed by atoms with van der Waals surface area (Å²) in [5.74, 6) is -2.88. The van der Waals surface area contributed by atoms with Gasteiger partial charge in [-0.25, -0.2) is 4.98 Å². The highest BCUT2D eigenvalue weighted by atomic mass is 16.3. The van der Waals surface area contributed by atoms with E-state index in [9.17, 15) is 5.11 Å². The number of para-hydroxylation sites is 1. The van der Waals surface area contributed by atoms with Gasteiger partial charge in [0.1, 0.15) is 11.6 Å². The number of pyridine rings is 1. The first kappa shape index (κ1) is 23.3. The zero-order chi connectivity index (χ0) is 62.7. The molecule has 314 valence electrons. The summed E-state index contributed by atoms with van der Waals surface area (Å²) in [7, 11) is 0. The number of fused-ring (bicyclic) bond motifs is 1. The van der Waals surface area contributed by atoms with Gasteiger partial charge in [-0.3, -0.25) is 9.55 Å². The van der Waals surface area contributed by atoms with E-state index in [0.717, 1.165) is 22.3 Å².